The third-order valence-electron chi connectivity index (χ3n) is 5.03. The van der Waals surface area contributed by atoms with Crippen molar-refractivity contribution in [3.8, 4) is 0 Å². The lowest BCUT2D eigenvalue weighted by atomic mass is 9.89. The summed E-state index contributed by atoms with van der Waals surface area (Å²) in [5.41, 5.74) is 0. The second-order valence-electron chi connectivity index (χ2n) is 6.98. The van der Waals surface area contributed by atoms with Gasteiger partial charge in [-0.3, -0.25) is 4.79 Å². The Morgan fingerprint density at radius 1 is 1.33 bits per heavy atom. The van der Waals surface area contributed by atoms with Crippen molar-refractivity contribution in [3.63, 3.8) is 0 Å². The number of piperidine rings is 1. The van der Waals surface area contributed by atoms with Gasteiger partial charge in [-0.25, -0.2) is 0 Å². The van der Waals surface area contributed by atoms with E-state index < -0.39 is 0 Å². The molecule has 138 valence electrons. The highest BCUT2D eigenvalue weighted by molar-refractivity contribution is 7.10. The van der Waals surface area contributed by atoms with Crippen LogP contribution >= 0.6 is 36.2 Å². The van der Waals surface area contributed by atoms with E-state index in [0.717, 1.165) is 0 Å². The van der Waals surface area contributed by atoms with Gasteiger partial charge in [0, 0.05) is 29.9 Å². The Labute approximate surface area is 161 Å². The third kappa shape index (κ3) is 5.60. The van der Waals surface area contributed by atoms with Crippen LogP contribution in [0.3, 0.4) is 0 Å². The summed E-state index contributed by atoms with van der Waals surface area (Å²) >= 11 is 1.75. The molecule has 3 rings (SSSR count). The molecule has 2 bridgehead atoms. The first-order valence-electron chi connectivity index (χ1n) is 8.34. The van der Waals surface area contributed by atoms with Gasteiger partial charge in [-0.2, -0.15) is 0 Å². The Morgan fingerprint density at radius 3 is 2.54 bits per heavy atom. The van der Waals surface area contributed by atoms with Crippen molar-refractivity contribution in [1.29, 1.82) is 0 Å². The summed E-state index contributed by atoms with van der Waals surface area (Å²) in [5, 5.41) is 8.89. The highest BCUT2D eigenvalue weighted by Gasteiger charge is 2.34. The van der Waals surface area contributed by atoms with Crippen LogP contribution in [0.25, 0.3) is 0 Å². The number of hydrogen-bond donors (Lipinski definition) is 2. The molecule has 7 heteroatoms. The van der Waals surface area contributed by atoms with Crippen LogP contribution in [0.15, 0.2) is 17.5 Å². The van der Waals surface area contributed by atoms with E-state index in [1.807, 2.05) is 0 Å². The molecule has 0 radical (unpaired) electrons. The Bertz CT molecular complexity index is 486. The number of halogens is 2. The molecule has 0 aromatic carbocycles. The number of likely N-dealkylation sites (N-methyl/N-ethyl adjacent to an activating group) is 1. The molecule has 2 fully saturated rings. The first-order chi connectivity index (χ1) is 10.6. The molecule has 1 amide bonds. The second-order valence-corrected chi connectivity index (χ2v) is 7.96. The highest BCUT2D eigenvalue weighted by atomic mass is 35.5. The van der Waals surface area contributed by atoms with Crippen molar-refractivity contribution < 1.29 is 4.79 Å². The van der Waals surface area contributed by atoms with Gasteiger partial charge in [0.15, 0.2) is 0 Å². The summed E-state index contributed by atoms with van der Waals surface area (Å²) in [6.07, 6.45) is 5.63. The van der Waals surface area contributed by atoms with Gasteiger partial charge in [0.2, 0.25) is 5.91 Å². The zero-order chi connectivity index (χ0) is 15.5. The minimum atomic E-state index is 0. The monoisotopic (exact) mass is 393 g/mol. The number of thiophene rings is 1. The smallest absolute Gasteiger partial charge is 0.220 e. The van der Waals surface area contributed by atoms with Gasteiger partial charge in [0.05, 0.1) is 6.04 Å². The Balaban J connectivity index is 0.00000144. The van der Waals surface area contributed by atoms with Crippen molar-refractivity contribution in [3.05, 3.63) is 22.4 Å². The fourth-order valence-corrected chi connectivity index (χ4v) is 4.83. The first kappa shape index (κ1) is 21.7. The van der Waals surface area contributed by atoms with Crippen LogP contribution in [0.4, 0.5) is 0 Å². The van der Waals surface area contributed by atoms with Crippen LogP contribution in [0.1, 0.15) is 43.0 Å². The van der Waals surface area contributed by atoms with Gasteiger partial charge in [-0.05, 0) is 57.1 Å². The summed E-state index contributed by atoms with van der Waals surface area (Å²) in [4.78, 5) is 15.8. The topological polar surface area (TPSA) is 44.4 Å². The summed E-state index contributed by atoms with van der Waals surface area (Å²) in [7, 11) is 4.14. The number of amides is 1. The lowest BCUT2D eigenvalue weighted by Crippen LogP contribution is -2.40. The standard InChI is InChI=1S/C17H27N3OS.2ClH/c1-20(2)15(16-4-3-7-22-16)11-18-17(21)10-12-8-13-5-6-14(9-12)19-13;;/h3-4,7,12-15,19H,5-6,8-11H2,1-2H3,(H,18,21);2*1H. The third-order valence-corrected chi connectivity index (χ3v) is 6.01. The molecule has 3 atom stereocenters. The van der Waals surface area contributed by atoms with Gasteiger partial charge < -0.3 is 15.5 Å². The van der Waals surface area contributed by atoms with Crippen molar-refractivity contribution in [2.75, 3.05) is 20.6 Å². The Kier molecular flexibility index (Phi) is 9.02. The van der Waals surface area contributed by atoms with Gasteiger partial charge in [0.1, 0.15) is 0 Å². The molecule has 3 heterocycles. The Morgan fingerprint density at radius 2 is 2.00 bits per heavy atom. The van der Waals surface area contributed by atoms with Gasteiger partial charge in [-0.15, -0.1) is 36.2 Å². The van der Waals surface area contributed by atoms with Crippen LogP contribution in [-0.2, 0) is 4.79 Å². The first-order valence-corrected chi connectivity index (χ1v) is 9.22. The zero-order valence-corrected chi connectivity index (χ0v) is 16.8. The molecule has 0 saturated carbocycles. The molecule has 1 aromatic heterocycles. The predicted molar refractivity (Wildman–Crippen MR) is 106 cm³/mol. The highest BCUT2D eigenvalue weighted by Crippen LogP contribution is 2.32. The van der Waals surface area contributed by atoms with Gasteiger partial charge >= 0.3 is 0 Å². The summed E-state index contributed by atoms with van der Waals surface area (Å²) in [5.74, 6) is 0.785. The number of fused-ring (bicyclic) bond motifs is 2. The number of nitrogens with zero attached hydrogens (tertiary/aromatic N) is 1. The van der Waals surface area contributed by atoms with E-state index in [1.54, 1.807) is 11.3 Å². The van der Waals surface area contributed by atoms with Crippen LogP contribution in [0.2, 0.25) is 0 Å². The molecule has 2 aliphatic heterocycles. The van der Waals surface area contributed by atoms with Crippen LogP contribution in [0.5, 0.6) is 0 Å². The van der Waals surface area contributed by atoms with E-state index in [0.29, 0.717) is 31.0 Å². The molecule has 24 heavy (non-hydrogen) atoms. The molecule has 4 nitrogen and oxygen atoms in total. The Hall–Kier alpha value is -0.330. The molecule has 1 aromatic rings. The van der Waals surface area contributed by atoms with Crippen molar-refractivity contribution in [2.45, 2.75) is 50.2 Å². The molecule has 2 N–H and O–H groups in total. The van der Waals surface area contributed by atoms with E-state index in [-0.39, 0.29) is 36.8 Å². The fourth-order valence-electron chi connectivity index (χ4n) is 3.91. The molecular formula is C17H29Cl2N3OS. The lowest BCUT2D eigenvalue weighted by Gasteiger charge is -2.29. The average Bonchev–Trinajstić information content (AvgIpc) is 3.09. The SMILES string of the molecule is CN(C)C(CNC(=O)CC1CC2CCC(C1)N2)c1cccs1.Cl.Cl. The minimum Gasteiger partial charge on any atom is -0.354 e. The van der Waals surface area contributed by atoms with Gasteiger partial charge in [-0.1, -0.05) is 6.07 Å². The van der Waals surface area contributed by atoms with Crippen molar-refractivity contribution in [2.24, 2.45) is 5.92 Å². The quantitative estimate of drug-likeness (QED) is 0.779. The fraction of sp³-hybridized carbons (Fsp3) is 0.706. The molecule has 0 spiro atoms. The van der Waals surface area contributed by atoms with Crippen LogP contribution < -0.4 is 10.6 Å². The molecule has 3 unspecified atom stereocenters. The number of carbonyl (C=O) groups excluding carboxylic acids is 1. The second kappa shape index (κ2) is 9.97. The van der Waals surface area contributed by atoms with Crippen LogP contribution in [0, 0.1) is 5.92 Å². The number of hydrogen-bond acceptors (Lipinski definition) is 4. The van der Waals surface area contributed by atoms with Gasteiger partial charge in [0.25, 0.3) is 0 Å². The molecule has 2 aliphatic rings. The number of rotatable bonds is 6. The number of carbonyl (C=O) groups is 1. The van der Waals surface area contributed by atoms with E-state index >= 15 is 0 Å². The van der Waals surface area contributed by atoms with E-state index in [2.05, 4.69) is 47.1 Å². The zero-order valence-electron chi connectivity index (χ0n) is 14.4. The summed E-state index contributed by atoms with van der Waals surface area (Å²) < 4.78 is 0. The van der Waals surface area contributed by atoms with Crippen molar-refractivity contribution >= 4 is 42.1 Å². The maximum Gasteiger partial charge on any atom is 0.220 e. The van der Waals surface area contributed by atoms with Crippen molar-refractivity contribution in [1.82, 2.24) is 15.5 Å². The minimum absolute atomic E-state index is 0. The molecule has 2 saturated heterocycles. The maximum atomic E-state index is 12.3. The van der Waals surface area contributed by atoms with E-state index in [9.17, 15) is 4.79 Å². The predicted octanol–water partition coefficient (Wildman–Crippen LogP) is 3.23. The normalized spacial score (nSPS) is 26.4. The number of nitrogens with one attached hydrogen (secondary N) is 2. The van der Waals surface area contributed by atoms with E-state index in [4.69, 9.17) is 0 Å². The van der Waals surface area contributed by atoms with Crippen LogP contribution in [-0.4, -0.2) is 43.5 Å². The maximum absolute atomic E-state index is 12.3. The summed E-state index contributed by atoms with van der Waals surface area (Å²) in [6.45, 7) is 0.699. The average molecular weight is 394 g/mol. The van der Waals surface area contributed by atoms with E-state index in [1.165, 1.54) is 30.6 Å². The largest absolute Gasteiger partial charge is 0.354 e. The summed E-state index contributed by atoms with van der Waals surface area (Å²) in [6, 6.07) is 5.82. The molecule has 0 aliphatic carbocycles. The molecular weight excluding hydrogens is 365 g/mol. The lowest BCUT2D eigenvalue weighted by molar-refractivity contribution is -0.122.